The van der Waals surface area contributed by atoms with Gasteiger partial charge in [-0.1, -0.05) is 28.8 Å². The average molecular weight is 336 g/mol. The summed E-state index contributed by atoms with van der Waals surface area (Å²) in [7, 11) is 0. The number of hydrogen-bond acceptors (Lipinski definition) is 4. The van der Waals surface area contributed by atoms with Crippen LogP contribution in [0.4, 0.5) is 4.79 Å². The molecule has 0 spiro atoms. The molecule has 1 aromatic rings. The summed E-state index contributed by atoms with van der Waals surface area (Å²) in [5.74, 6) is -0.594. The fourth-order valence-corrected chi connectivity index (χ4v) is 2.33. The smallest absolute Gasteiger partial charge is 0.338 e. The summed E-state index contributed by atoms with van der Waals surface area (Å²) in [4.78, 5) is 26.8. The summed E-state index contributed by atoms with van der Waals surface area (Å²) >= 11 is 5.87. The number of esters is 1. The number of azide groups is 1. The van der Waals surface area contributed by atoms with Gasteiger partial charge in [-0.05, 0) is 30.2 Å². The lowest BCUT2D eigenvalue weighted by atomic mass is 9.95. The Bertz CT molecular complexity index is 695. The maximum absolute atomic E-state index is 12.3. The number of benzene rings is 1. The van der Waals surface area contributed by atoms with Crippen molar-refractivity contribution in [2.24, 2.45) is 5.11 Å². The average Bonchev–Trinajstić information content (AvgIpc) is 2.53. The summed E-state index contributed by atoms with van der Waals surface area (Å²) in [5.41, 5.74) is 9.55. The summed E-state index contributed by atoms with van der Waals surface area (Å²) in [6.45, 7) is 1.69. The number of nitrogens with one attached hydrogen (secondary N) is 2. The van der Waals surface area contributed by atoms with Gasteiger partial charge >= 0.3 is 12.0 Å². The Balaban J connectivity index is 2.51. The molecule has 1 unspecified atom stereocenters. The molecule has 9 heteroatoms. The Kier molecular flexibility index (Phi) is 5.46. The number of carbonyl (C=O) groups excluding carboxylic acids is 2. The fraction of sp³-hybridized carbons (Fsp3) is 0.286. The number of carbonyl (C=O) groups is 2. The Morgan fingerprint density at radius 1 is 1.43 bits per heavy atom. The lowest BCUT2D eigenvalue weighted by Gasteiger charge is -2.28. The van der Waals surface area contributed by atoms with E-state index in [2.05, 4.69) is 20.7 Å². The molecule has 0 saturated carbocycles. The molecule has 1 aliphatic heterocycles. The van der Waals surface area contributed by atoms with E-state index in [0.717, 1.165) is 0 Å². The first-order chi connectivity index (χ1) is 11.1. The lowest BCUT2D eigenvalue weighted by molar-refractivity contribution is -0.139. The third kappa shape index (κ3) is 3.94. The topological polar surface area (TPSA) is 116 Å². The number of amides is 2. The fourth-order valence-electron chi connectivity index (χ4n) is 2.20. The van der Waals surface area contributed by atoms with Crippen LogP contribution < -0.4 is 10.6 Å². The predicted octanol–water partition coefficient (Wildman–Crippen LogP) is 2.82. The van der Waals surface area contributed by atoms with Crippen LogP contribution in [-0.4, -0.2) is 25.2 Å². The van der Waals surface area contributed by atoms with Crippen molar-refractivity contribution < 1.29 is 14.3 Å². The highest BCUT2D eigenvalue weighted by Gasteiger charge is 2.33. The monoisotopic (exact) mass is 335 g/mol. The first kappa shape index (κ1) is 16.7. The summed E-state index contributed by atoms with van der Waals surface area (Å²) in [5, 5.41) is 9.10. The van der Waals surface area contributed by atoms with Gasteiger partial charge in [0.1, 0.15) is 0 Å². The molecule has 2 N–H and O–H groups in total. The first-order valence-electron chi connectivity index (χ1n) is 6.80. The Hall–Kier alpha value is -2.70. The molecule has 0 bridgehead atoms. The van der Waals surface area contributed by atoms with Gasteiger partial charge in [0.15, 0.2) is 0 Å². The summed E-state index contributed by atoms with van der Waals surface area (Å²) in [6.07, 6.45) is 0. The quantitative estimate of drug-likeness (QED) is 0.373. The largest absolute Gasteiger partial charge is 0.463 e. The zero-order valence-electron chi connectivity index (χ0n) is 12.2. The zero-order valence-corrected chi connectivity index (χ0v) is 13.0. The van der Waals surface area contributed by atoms with Gasteiger partial charge in [-0.3, -0.25) is 0 Å². The highest BCUT2D eigenvalue weighted by molar-refractivity contribution is 6.30. The van der Waals surface area contributed by atoms with Crippen molar-refractivity contribution in [3.63, 3.8) is 0 Å². The first-order valence-corrected chi connectivity index (χ1v) is 7.18. The maximum atomic E-state index is 12.3. The molecule has 1 aromatic carbocycles. The van der Waals surface area contributed by atoms with Crippen LogP contribution in [0.2, 0.25) is 5.02 Å². The minimum absolute atomic E-state index is 0.165. The summed E-state index contributed by atoms with van der Waals surface area (Å²) in [6, 6.07) is 5.48. The van der Waals surface area contributed by atoms with Gasteiger partial charge in [-0.15, -0.1) is 0 Å². The molecule has 2 rings (SSSR count). The normalized spacial score (nSPS) is 17.0. The second-order valence-electron chi connectivity index (χ2n) is 4.58. The van der Waals surface area contributed by atoms with E-state index in [9.17, 15) is 9.59 Å². The third-order valence-corrected chi connectivity index (χ3v) is 3.40. The summed E-state index contributed by atoms with van der Waals surface area (Å²) < 4.78 is 5.05. The molecule has 120 valence electrons. The molecule has 0 radical (unpaired) electrons. The van der Waals surface area contributed by atoms with Crippen LogP contribution in [-0.2, 0) is 9.53 Å². The number of hydrogen-bond donors (Lipinski definition) is 2. The zero-order chi connectivity index (χ0) is 16.8. The highest BCUT2D eigenvalue weighted by atomic mass is 35.5. The highest BCUT2D eigenvalue weighted by Crippen LogP contribution is 2.28. The standard InChI is InChI=1S/C14H14ClN5O3/c1-2-23-13(21)11-10(7-17-20-16)18-14(22)19-12(11)8-3-5-9(15)6-4-8/h3-6,12H,2,7H2,1H3,(H2,18,19,22). The van der Waals surface area contributed by atoms with E-state index in [0.29, 0.717) is 10.6 Å². The van der Waals surface area contributed by atoms with E-state index in [-0.39, 0.29) is 24.4 Å². The molecule has 0 aromatic heterocycles. The van der Waals surface area contributed by atoms with Crippen molar-refractivity contribution in [3.05, 3.63) is 56.6 Å². The number of ether oxygens (including phenoxy) is 1. The van der Waals surface area contributed by atoms with E-state index >= 15 is 0 Å². The molecule has 1 aliphatic rings. The lowest BCUT2D eigenvalue weighted by Crippen LogP contribution is -2.46. The Labute approximate surface area is 137 Å². The molecule has 0 saturated heterocycles. The van der Waals surface area contributed by atoms with Gasteiger partial charge in [0, 0.05) is 15.6 Å². The van der Waals surface area contributed by atoms with Gasteiger partial charge in [0.25, 0.3) is 0 Å². The Morgan fingerprint density at radius 2 is 2.13 bits per heavy atom. The molecule has 1 atom stereocenters. The third-order valence-electron chi connectivity index (χ3n) is 3.14. The van der Waals surface area contributed by atoms with Crippen LogP contribution in [0.5, 0.6) is 0 Å². The van der Waals surface area contributed by atoms with Gasteiger partial charge < -0.3 is 15.4 Å². The number of nitrogens with zero attached hydrogens (tertiary/aromatic N) is 3. The molecule has 8 nitrogen and oxygen atoms in total. The van der Waals surface area contributed by atoms with Crippen molar-refractivity contribution in [3.8, 4) is 0 Å². The molecule has 0 aliphatic carbocycles. The number of rotatable bonds is 5. The van der Waals surface area contributed by atoms with E-state index in [1.807, 2.05) is 0 Å². The second kappa shape index (κ2) is 7.53. The number of halogens is 1. The predicted molar refractivity (Wildman–Crippen MR) is 83.5 cm³/mol. The molecule has 0 fully saturated rings. The van der Waals surface area contributed by atoms with Crippen LogP contribution >= 0.6 is 11.6 Å². The van der Waals surface area contributed by atoms with E-state index in [4.69, 9.17) is 21.9 Å². The van der Waals surface area contributed by atoms with Crippen LogP contribution in [0.25, 0.3) is 10.4 Å². The van der Waals surface area contributed by atoms with Gasteiger partial charge in [-0.2, -0.15) is 0 Å². The molecular weight excluding hydrogens is 322 g/mol. The molecule has 2 amide bonds. The van der Waals surface area contributed by atoms with Crippen molar-refractivity contribution in [1.29, 1.82) is 0 Å². The van der Waals surface area contributed by atoms with Gasteiger partial charge in [0.2, 0.25) is 0 Å². The molecule has 23 heavy (non-hydrogen) atoms. The van der Waals surface area contributed by atoms with Gasteiger partial charge in [0.05, 0.1) is 24.8 Å². The van der Waals surface area contributed by atoms with Gasteiger partial charge in [-0.25, -0.2) is 9.59 Å². The maximum Gasteiger partial charge on any atom is 0.338 e. The van der Waals surface area contributed by atoms with Crippen molar-refractivity contribution in [1.82, 2.24) is 10.6 Å². The van der Waals surface area contributed by atoms with Crippen molar-refractivity contribution in [2.45, 2.75) is 13.0 Å². The SMILES string of the molecule is CCOC(=O)C1=C(CN=[N+]=[N-])NC(=O)NC1c1ccc(Cl)cc1. The van der Waals surface area contributed by atoms with E-state index < -0.39 is 18.0 Å². The van der Waals surface area contributed by atoms with Crippen LogP contribution in [0.1, 0.15) is 18.5 Å². The van der Waals surface area contributed by atoms with Crippen LogP contribution in [0.15, 0.2) is 40.6 Å². The van der Waals surface area contributed by atoms with Crippen LogP contribution in [0, 0.1) is 0 Å². The Morgan fingerprint density at radius 3 is 2.74 bits per heavy atom. The van der Waals surface area contributed by atoms with Crippen LogP contribution in [0.3, 0.4) is 0 Å². The minimum atomic E-state index is -0.719. The molecular formula is C14H14ClN5O3. The second-order valence-corrected chi connectivity index (χ2v) is 5.02. The van der Waals surface area contributed by atoms with E-state index in [1.54, 1.807) is 31.2 Å². The van der Waals surface area contributed by atoms with E-state index in [1.165, 1.54) is 0 Å². The number of urea groups is 1. The van der Waals surface area contributed by atoms with Crippen molar-refractivity contribution in [2.75, 3.05) is 13.2 Å². The molecule has 1 heterocycles. The minimum Gasteiger partial charge on any atom is -0.463 e. The van der Waals surface area contributed by atoms with Crippen molar-refractivity contribution >= 4 is 23.6 Å².